The third kappa shape index (κ3) is 4.38. The molecular weight excluding hydrogens is 446 g/mol. The second-order valence-electron chi connectivity index (χ2n) is 9.70. The standard InChI is InChI=1S/C27H28ClN5O/c1-27(2,3)24-18-25-29-22(19-8-5-4-6-9-19)17-23(33(25)30-24)26(34)32-14-12-31(13-15-32)21-11-7-10-20(28)16-21/h4-11,16-18H,12-15H2,1-3H3. The molecule has 4 aromatic rings. The fourth-order valence-electron chi connectivity index (χ4n) is 4.25. The van der Waals surface area contributed by atoms with Gasteiger partial charge in [-0.15, -0.1) is 0 Å². The van der Waals surface area contributed by atoms with Crippen LogP contribution in [0.3, 0.4) is 0 Å². The van der Waals surface area contributed by atoms with Crippen molar-refractivity contribution in [2.24, 2.45) is 0 Å². The molecule has 174 valence electrons. The first kappa shape index (κ1) is 22.4. The molecule has 3 heterocycles. The van der Waals surface area contributed by atoms with Gasteiger partial charge >= 0.3 is 0 Å². The van der Waals surface area contributed by atoms with Crippen molar-refractivity contribution in [2.75, 3.05) is 31.1 Å². The highest BCUT2D eigenvalue weighted by molar-refractivity contribution is 6.30. The van der Waals surface area contributed by atoms with Gasteiger partial charge < -0.3 is 9.80 Å². The number of hydrogen-bond acceptors (Lipinski definition) is 4. The van der Waals surface area contributed by atoms with Crippen LogP contribution in [0.5, 0.6) is 0 Å². The normalized spacial score (nSPS) is 14.6. The van der Waals surface area contributed by atoms with Crippen molar-refractivity contribution in [1.29, 1.82) is 0 Å². The number of carbonyl (C=O) groups excluding carboxylic acids is 1. The molecule has 1 fully saturated rings. The van der Waals surface area contributed by atoms with Gasteiger partial charge in [0.05, 0.1) is 11.4 Å². The number of anilines is 1. The van der Waals surface area contributed by atoms with Crippen LogP contribution >= 0.6 is 11.6 Å². The lowest BCUT2D eigenvalue weighted by molar-refractivity contribution is 0.0737. The lowest BCUT2D eigenvalue weighted by Crippen LogP contribution is -2.49. The number of hydrogen-bond donors (Lipinski definition) is 0. The van der Waals surface area contributed by atoms with E-state index in [1.165, 1.54) is 0 Å². The second-order valence-corrected chi connectivity index (χ2v) is 10.1. The van der Waals surface area contributed by atoms with Gasteiger partial charge in [0.2, 0.25) is 0 Å². The Balaban J connectivity index is 1.48. The first-order chi connectivity index (χ1) is 16.3. The Kier molecular flexibility index (Phi) is 5.78. The first-order valence-electron chi connectivity index (χ1n) is 11.6. The number of aromatic nitrogens is 3. The molecule has 0 aliphatic carbocycles. The predicted octanol–water partition coefficient (Wildman–Crippen LogP) is 5.31. The van der Waals surface area contributed by atoms with Gasteiger partial charge in [0.25, 0.3) is 5.91 Å². The number of fused-ring (bicyclic) bond motifs is 1. The molecule has 1 saturated heterocycles. The zero-order valence-corrected chi connectivity index (χ0v) is 20.5. The van der Waals surface area contributed by atoms with Crippen molar-refractivity contribution in [3.8, 4) is 11.3 Å². The van der Waals surface area contributed by atoms with E-state index in [1.807, 2.05) is 65.6 Å². The fourth-order valence-corrected chi connectivity index (χ4v) is 4.44. The predicted molar refractivity (Wildman–Crippen MR) is 137 cm³/mol. The molecule has 5 rings (SSSR count). The van der Waals surface area contributed by atoms with E-state index in [0.717, 1.165) is 40.8 Å². The summed E-state index contributed by atoms with van der Waals surface area (Å²) in [5, 5.41) is 5.51. The molecule has 0 N–H and O–H groups in total. The molecular formula is C27H28ClN5O. The van der Waals surface area contributed by atoms with Gasteiger partial charge in [0.1, 0.15) is 5.69 Å². The maximum absolute atomic E-state index is 13.8. The summed E-state index contributed by atoms with van der Waals surface area (Å²) in [6.07, 6.45) is 0. The summed E-state index contributed by atoms with van der Waals surface area (Å²) < 4.78 is 1.71. The first-order valence-corrected chi connectivity index (χ1v) is 11.9. The van der Waals surface area contributed by atoms with Crippen LogP contribution in [0.4, 0.5) is 5.69 Å². The molecule has 2 aromatic carbocycles. The van der Waals surface area contributed by atoms with Crippen LogP contribution in [0, 0.1) is 0 Å². The largest absolute Gasteiger partial charge is 0.368 e. The van der Waals surface area contributed by atoms with Gasteiger partial charge in [-0.1, -0.05) is 68.8 Å². The lowest BCUT2D eigenvalue weighted by atomic mass is 9.93. The van der Waals surface area contributed by atoms with Crippen molar-refractivity contribution in [1.82, 2.24) is 19.5 Å². The highest BCUT2D eigenvalue weighted by atomic mass is 35.5. The van der Waals surface area contributed by atoms with Crippen molar-refractivity contribution in [3.05, 3.63) is 83.1 Å². The minimum Gasteiger partial charge on any atom is -0.368 e. The van der Waals surface area contributed by atoms with E-state index in [0.29, 0.717) is 24.4 Å². The van der Waals surface area contributed by atoms with Crippen molar-refractivity contribution in [2.45, 2.75) is 26.2 Å². The van der Waals surface area contributed by atoms with E-state index in [-0.39, 0.29) is 11.3 Å². The molecule has 2 aromatic heterocycles. The zero-order chi connectivity index (χ0) is 23.9. The Morgan fingerprint density at radius 1 is 0.912 bits per heavy atom. The number of benzene rings is 2. The lowest BCUT2D eigenvalue weighted by Gasteiger charge is -2.36. The van der Waals surface area contributed by atoms with Gasteiger partial charge in [-0.05, 0) is 24.3 Å². The summed E-state index contributed by atoms with van der Waals surface area (Å²) in [6.45, 7) is 9.10. The maximum atomic E-state index is 13.8. The summed E-state index contributed by atoms with van der Waals surface area (Å²) in [5.74, 6) is -0.0288. The zero-order valence-electron chi connectivity index (χ0n) is 19.7. The minimum atomic E-state index is -0.149. The Morgan fingerprint density at radius 3 is 2.32 bits per heavy atom. The molecule has 34 heavy (non-hydrogen) atoms. The molecule has 6 nitrogen and oxygen atoms in total. The van der Waals surface area contributed by atoms with E-state index in [2.05, 4.69) is 31.7 Å². The topological polar surface area (TPSA) is 53.7 Å². The number of halogens is 1. The summed E-state index contributed by atoms with van der Waals surface area (Å²) >= 11 is 6.17. The SMILES string of the molecule is CC(C)(C)c1cc2nc(-c3ccccc3)cc(C(=O)N3CCN(c4cccc(Cl)c4)CC3)n2n1. The second kappa shape index (κ2) is 8.76. The van der Waals surface area contributed by atoms with Gasteiger partial charge in [-0.2, -0.15) is 5.10 Å². The number of piperazine rings is 1. The minimum absolute atomic E-state index is 0.0288. The van der Waals surface area contributed by atoms with E-state index in [4.69, 9.17) is 21.7 Å². The quantitative estimate of drug-likeness (QED) is 0.404. The summed E-state index contributed by atoms with van der Waals surface area (Å²) in [7, 11) is 0. The Bertz CT molecular complexity index is 1330. The van der Waals surface area contributed by atoms with Crippen LogP contribution in [0.2, 0.25) is 5.02 Å². The monoisotopic (exact) mass is 473 g/mol. The number of rotatable bonds is 3. The molecule has 1 aliphatic heterocycles. The van der Waals surface area contributed by atoms with Gasteiger partial charge in [0.15, 0.2) is 5.65 Å². The van der Waals surface area contributed by atoms with Crippen LogP contribution in [0.25, 0.3) is 16.9 Å². The van der Waals surface area contributed by atoms with E-state index in [1.54, 1.807) is 4.52 Å². The molecule has 1 amide bonds. The van der Waals surface area contributed by atoms with Gasteiger partial charge in [-0.25, -0.2) is 9.50 Å². The molecule has 0 spiro atoms. The van der Waals surface area contributed by atoms with Crippen molar-refractivity contribution < 1.29 is 4.79 Å². The average molecular weight is 474 g/mol. The van der Waals surface area contributed by atoms with Gasteiger partial charge in [0, 0.05) is 53.9 Å². The highest BCUT2D eigenvalue weighted by Gasteiger charge is 2.27. The molecule has 0 atom stereocenters. The molecule has 1 aliphatic rings. The molecule has 7 heteroatoms. The smallest absolute Gasteiger partial charge is 0.272 e. The fraction of sp³-hybridized carbons (Fsp3) is 0.296. The Labute approximate surface area is 204 Å². The van der Waals surface area contributed by atoms with Crippen LogP contribution in [0.15, 0.2) is 66.7 Å². The van der Waals surface area contributed by atoms with Crippen molar-refractivity contribution >= 4 is 28.8 Å². The molecule has 0 unspecified atom stereocenters. The van der Waals surface area contributed by atoms with E-state index < -0.39 is 0 Å². The number of carbonyl (C=O) groups is 1. The third-order valence-corrected chi connectivity index (χ3v) is 6.46. The molecule has 0 radical (unpaired) electrons. The van der Waals surface area contributed by atoms with Crippen LogP contribution < -0.4 is 4.90 Å². The maximum Gasteiger partial charge on any atom is 0.272 e. The van der Waals surface area contributed by atoms with Crippen LogP contribution in [-0.2, 0) is 5.41 Å². The van der Waals surface area contributed by atoms with Crippen LogP contribution in [-0.4, -0.2) is 51.6 Å². The third-order valence-electron chi connectivity index (χ3n) is 6.22. The highest BCUT2D eigenvalue weighted by Crippen LogP contribution is 2.26. The van der Waals surface area contributed by atoms with Crippen molar-refractivity contribution in [3.63, 3.8) is 0 Å². The molecule has 0 bridgehead atoms. The summed E-state index contributed by atoms with van der Waals surface area (Å²) in [5.41, 5.74) is 4.81. The van der Waals surface area contributed by atoms with E-state index in [9.17, 15) is 4.79 Å². The number of nitrogens with zero attached hydrogens (tertiary/aromatic N) is 5. The molecule has 0 saturated carbocycles. The van der Waals surface area contributed by atoms with Gasteiger partial charge in [-0.3, -0.25) is 4.79 Å². The Morgan fingerprint density at radius 2 is 1.65 bits per heavy atom. The summed E-state index contributed by atoms with van der Waals surface area (Å²) in [4.78, 5) is 22.8. The van der Waals surface area contributed by atoms with Crippen LogP contribution in [0.1, 0.15) is 37.0 Å². The Hall–Kier alpha value is -3.38. The number of amides is 1. The average Bonchev–Trinajstić information content (AvgIpc) is 3.29. The summed E-state index contributed by atoms with van der Waals surface area (Å²) in [6, 6.07) is 21.7. The van der Waals surface area contributed by atoms with E-state index >= 15 is 0 Å².